The number of H-pyrrole nitrogens is 1. The summed E-state index contributed by atoms with van der Waals surface area (Å²) in [5, 5.41) is 10.5. The van der Waals surface area contributed by atoms with Crippen molar-refractivity contribution in [3.05, 3.63) is 47.9 Å². The highest BCUT2D eigenvalue weighted by molar-refractivity contribution is 5.82. The van der Waals surface area contributed by atoms with E-state index in [0.29, 0.717) is 23.7 Å². The van der Waals surface area contributed by atoms with Crippen molar-refractivity contribution in [1.29, 1.82) is 0 Å². The Kier molecular flexibility index (Phi) is 4.89. The fourth-order valence-electron chi connectivity index (χ4n) is 3.79. The first-order chi connectivity index (χ1) is 14.7. The molecule has 0 bridgehead atoms. The van der Waals surface area contributed by atoms with Crippen molar-refractivity contribution >= 4 is 22.8 Å². The topological polar surface area (TPSA) is 108 Å². The minimum atomic E-state index is 0.340. The van der Waals surface area contributed by atoms with Crippen LogP contribution in [0, 0.1) is 6.92 Å². The normalized spacial score (nSPS) is 16.1. The summed E-state index contributed by atoms with van der Waals surface area (Å²) in [5.74, 6) is 2.51. The second-order valence-corrected chi connectivity index (χ2v) is 7.53. The van der Waals surface area contributed by atoms with Crippen molar-refractivity contribution in [2.75, 3.05) is 31.5 Å². The van der Waals surface area contributed by atoms with Gasteiger partial charge in [0.15, 0.2) is 5.82 Å². The lowest BCUT2D eigenvalue weighted by Gasteiger charge is -2.33. The minimum absolute atomic E-state index is 0.340. The van der Waals surface area contributed by atoms with Crippen molar-refractivity contribution in [3.63, 3.8) is 0 Å². The van der Waals surface area contributed by atoms with Crippen molar-refractivity contribution in [1.82, 2.24) is 35.3 Å². The molecule has 3 aromatic heterocycles. The van der Waals surface area contributed by atoms with Gasteiger partial charge >= 0.3 is 0 Å². The van der Waals surface area contributed by atoms with E-state index >= 15 is 0 Å². The molecule has 0 radical (unpaired) electrons. The molecular weight excluding hydrogens is 380 g/mol. The number of rotatable bonds is 5. The molecule has 154 valence electrons. The van der Waals surface area contributed by atoms with Gasteiger partial charge in [-0.3, -0.25) is 4.90 Å². The van der Waals surface area contributed by atoms with Gasteiger partial charge in [0.05, 0.1) is 11.0 Å². The average molecular weight is 404 g/mol. The summed E-state index contributed by atoms with van der Waals surface area (Å²) in [5.41, 5.74) is 3.82. The van der Waals surface area contributed by atoms with E-state index in [1.54, 1.807) is 6.92 Å². The number of piperazine rings is 1. The maximum atomic E-state index is 5.26. The summed E-state index contributed by atoms with van der Waals surface area (Å²) in [6, 6.07) is 10.3. The Bertz CT molecular complexity index is 1160. The first-order valence-corrected chi connectivity index (χ1v) is 10.1. The van der Waals surface area contributed by atoms with Crippen LogP contribution in [0.5, 0.6) is 0 Å². The van der Waals surface area contributed by atoms with Gasteiger partial charge in [0.25, 0.3) is 5.89 Å². The number of hydrogen-bond donors (Lipinski definition) is 3. The molecule has 4 heterocycles. The molecular formula is C21H24N8O. The molecule has 1 aromatic carbocycles. The second-order valence-electron chi connectivity index (χ2n) is 7.53. The molecule has 1 aliphatic rings. The minimum Gasteiger partial charge on any atom is -0.334 e. The van der Waals surface area contributed by atoms with Gasteiger partial charge in [-0.05, 0) is 49.7 Å². The van der Waals surface area contributed by atoms with Gasteiger partial charge in [0, 0.05) is 44.0 Å². The van der Waals surface area contributed by atoms with Crippen LogP contribution >= 0.6 is 0 Å². The number of hydrogen-bond acceptors (Lipinski definition) is 8. The average Bonchev–Trinajstić information content (AvgIpc) is 3.39. The van der Waals surface area contributed by atoms with Gasteiger partial charge in [-0.25, -0.2) is 9.97 Å². The van der Waals surface area contributed by atoms with Gasteiger partial charge in [-0.15, -0.1) is 0 Å². The molecule has 0 spiro atoms. The number of fused-ring (bicyclic) bond motifs is 1. The van der Waals surface area contributed by atoms with Crippen LogP contribution in [0.4, 0.5) is 11.8 Å². The summed E-state index contributed by atoms with van der Waals surface area (Å²) >= 11 is 0. The van der Waals surface area contributed by atoms with Crippen molar-refractivity contribution in [2.45, 2.75) is 19.9 Å². The highest BCUT2D eigenvalue weighted by atomic mass is 16.5. The Balaban J connectivity index is 1.36. The number of nitrogens with zero attached hydrogens (tertiary/aromatic N) is 5. The van der Waals surface area contributed by atoms with Crippen LogP contribution in [0.3, 0.4) is 0 Å². The van der Waals surface area contributed by atoms with Gasteiger partial charge < -0.3 is 20.1 Å². The van der Waals surface area contributed by atoms with Gasteiger partial charge in [-0.2, -0.15) is 4.98 Å². The molecule has 4 aromatic rings. The van der Waals surface area contributed by atoms with Crippen molar-refractivity contribution in [3.8, 4) is 11.5 Å². The van der Waals surface area contributed by atoms with E-state index in [0.717, 1.165) is 48.6 Å². The molecule has 3 N–H and O–H groups in total. The summed E-state index contributed by atoms with van der Waals surface area (Å²) in [6.07, 6.45) is 1.84. The molecule has 0 aliphatic carbocycles. The van der Waals surface area contributed by atoms with Crippen LogP contribution in [-0.4, -0.2) is 56.2 Å². The van der Waals surface area contributed by atoms with E-state index in [4.69, 9.17) is 4.52 Å². The number of anilines is 2. The number of nitrogens with one attached hydrogen (secondary N) is 3. The predicted octanol–water partition coefficient (Wildman–Crippen LogP) is 3.03. The molecule has 1 aliphatic heterocycles. The van der Waals surface area contributed by atoms with E-state index in [2.05, 4.69) is 59.7 Å². The van der Waals surface area contributed by atoms with Crippen molar-refractivity contribution < 1.29 is 4.52 Å². The fourth-order valence-corrected chi connectivity index (χ4v) is 3.79. The van der Waals surface area contributed by atoms with Gasteiger partial charge in [0.2, 0.25) is 5.95 Å². The monoisotopic (exact) mass is 404 g/mol. The van der Waals surface area contributed by atoms with E-state index in [-0.39, 0.29) is 0 Å². The van der Waals surface area contributed by atoms with Crippen LogP contribution in [0.15, 0.2) is 41.1 Å². The molecule has 0 saturated carbocycles. The standard InChI is InChI=1S/C21H24N8O/c1-13(29-9-7-22-8-10-29)15-5-6-23-19(12-15)27-21-25-17-4-3-16(11-18(17)26-21)20-24-14(2)28-30-20/h3-6,11-13,22H,7-10H2,1-2H3,(H2,23,25,26,27). The third kappa shape index (κ3) is 3.77. The van der Waals surface area contributed by atoms with Crippen LogP contribution in [-0.2, 0) is 0 Å². The Morgan fingerprint density at radius 3 is 2.80 bits per heavy atom. The molecule has 1 fully saturated rings. The number of imidazole rings is 1. The molecule has 5 rings (SSSR count). The van der Waals surface area contributed by atoms with Gasteiger partial charge in [-0.1, -0.05) is 5.16 Å². The van der Waals surface area contributed by atoms with Crippen LogP contribution in [0.1, 0.15) is 24.4 Å². The molecule has 9 nitrogen and oxygen atoms in total. The zero-order valence-electron chi connectivity index (χ0n) is 17.0. The Labute approximate surface area is 173 Å². The fraction of sp³-hybridized carbons (Fsp3) is 0.333. The molecule has 1 saturated heterocycles. The highest BCUT2D eigenvalue weighted by Gasteiger charge is 2.18. The van der Waals surface area contributed by atoms with Gasteiger partial charge in [0.1, 0.15) is 5.82 Å². The molecule has 0 amide bonds. The highest BCUT2D eigenvalue weighted by Crippen LogP contribution is 2.26. The van der Waals surface area contributed by atoms with E-state index in [1.807, 2.05) is 24.4 Å². The van der Waals surface area contributed by atoms with E-state index in [1.165, 1.54) is 5.56 Å². The van der Waals surface area contributed by atoms with Crippen LogP contribution in [0.25, 0.3) is 22.5 Å². The molecule has 1 unspecified atom stereocenters. The first kappa shape index (κ1) is 18.7. The zero-order chi connectivity index (χ0) is 20.5. The molecule has 9 heteroatoms. The van der Waals surface area contributed by atoms with Crippen LogP contribution in [0.2, 0.25) is 0 Å². The lowest BCUT2D eigenvalue weighted by molar-refractivity contribution is 0.185. The SMILES string of the molecule is Cc1noc(-c2ccc3nc(Nc4cc(C(C)N5CCNCC5)ccn4)[nH]c3c2)n1. The smallest absolute Gasteiger partial charge is 0.257 e. The Morgan fingerprint density at radius 2 is 2.00 bits per heavy atom. The summed E-state index contributed by atoms with van der Waals surface area (Å²) in [6.45, 7) is 8.21. The number of pyridine rings is 1. The Morgan fingerprint density at radius 1 is 1.13 bits per heavy atom. The third-order valence-electron chi connectivity index (χ3n) is 5.47. The van der Waals surface area contributed by atoms with E-state index < -0.39 is 0 Å². The van der Waals surface area contributed by atoms with E-state index in [9.17, 15) is 0 Å². The number of aromatic amines is 1. The maximum Gasteiger partial charge on any atom is 0.257 e. The summed E-state index contributed by atoms with van der Waals surface area (Å²) in [7, 11) is 0. The third-order valence-corrected chi connectivity index (χ3v) is 5.47. The summed E-state index contributed by atoms with van der Waals surface area (Å²) < 4.78 is 5.26. The second kappa shape index (κ2) is 7.85. The molecule has 30 heavy (non-hydrogen) atoms. The van der Waals surface area contributed by atoms with Crippen LogP contribution < -0.4 is 10.6 Å². The number of aryl methyl sites for hydroxylation is 1. The van der Waals surface area contributed by atoms with Crippen molar-refractivity contribution in [2.24, 2.45) is 0 Å². The quantitative estimate of drug-likeness (QED) is 0.466. The molecule has 1 atom stereocenters. The zero-order valence-corrected chi connectivity index (χ0v) is 17.0. The Hall–Kier alpha value is -3.30. The lowest BCUT2D eigenvalue weighted by Crippen LogP contribution is -2.44. The number of benzene rings is 1. The largest absolute Gasteiger partial charge is 0.334 e. The summed E-state index contributed by atoms with van der Waals surface area (Å²) in [4.78, 5) is 19.2. The first-order valence-electron chi connectivity index (χ1n) is 10.1. The lowest BCUT2D eigenvalue weighted by atomic mass is 10.1. The maximum absolute atomic E-state index is 5.26. The predicted molar refractivity (Wildman–Crippen MR) is 115 cm³/mol. The number of aromatic nitrogens is 5.